The topological polar surface area (TPSA) is 44.3 Å². The molecule has 0 saturated carbocycles. The second-order valence-corrected chi connectivity index (χ2v) is 9.12. The molecule has 1 fully saturated rings. The Morgan fingerprint density at radius 1 is 1.21 bits per heavy atom. The van der Waals surface area contributed by atoms with Crippen LogP contribution < -0.4 is 10.2 Å². The molecule has 1 saturated heterocycles. The molecular weight excluding hydrogens is 399 g/mol. The lowest BCUT2D eigenvalue weighted by Gasteiger charge is -2.22. The number of alkyl halides is 3. The van der Waals surface area contributed by atoms with E-state index in [0.717, 1.165) is 68.0 Å². The molecule has 29 heavy (non-hydrogen) atoms. The number of anilines is 1. The second kappa shape index (κ2) is 10.0. The Morgan fingerprint density at radius 2 is 2.03 bits per heavy atom. The van der Waals surface area contributed by atoms with Crippen LogP contribution in [0, 0.1) is 0 Å². The summed E-state index contributed by atoms with van der Waals surface area (Å²) in [6.07, 6.45) is 1.88. The standard InChI is InChI=1S/C20H30F3N5S/c1-27(2)9-4-3-8-24-15-6-5-10-28(11-7-15)18-17-12-16(13-20(21,22)23)29-19(17)26-14-25-18/h12,14-15,24H,3-11,13H2,1-2H3. The first kappa shape index (κ1) is 22.2. The summed E-state index contributed by atoms with van der Waals surface area (Å²) in [5.74, 6) is 0.770. The van der Waals surface area contributed by atoms with Crippen molar-refractivity contribution >= 4 is 27.4 Å². The summed E-state index contributed by atoms with van der Waals surface area (Å²) in [7, 11) is 4.19. The van der Waals surface area contributed by atoms with Gasteiger partial charge in [-0.15, -0.1) is 11.3 Å². The summed E-state index contributed by atoms with van der Waals surface area (Å²) in [5.41, 5.74) is 0. The lowest BCUT2D eigenvalue weighted by atomic mass is 10.1. The van der Waals surface area contributed by atoms with Gasteiger partial charge in [-0.2, -0.15) is 13.2 Å². The van der Waals surface area contributed by atoms with Gasteiger partial charge in [0.05, 0.1) is 11.8 Å². The number of thiophene rings is 1. The summed E-state index contributed by atoms with van der Waals surface area (Å²) in [6, 6.07) is 2.11. The number of fused-ring (bicyclic) bond motifs is 1. The highest BCUT2D eigenvalue weighted by Gasteiger charge is 2.29. The first-order valence-corrected chi connectivity index (χ1v) is 11.1. The van der Waals surface area contributed by atoms with Crippen LogP contribution in [-0.4, -0.2) is 67.4 Å². The van der Waals surface area contributed by atoms with Crippen molar-refractivity contribution in [1.82, 2.24) is 20.2 Å². The smallest absolute Gasteiger partial charge is 0.356 e. The van der Waals surface area contributed by atoms with Crippen LogP contribution in [-0.2, 0) is 6.42 Å². The Bertz CT molecular complexity index is 777. The van der Waals surface area contributed by atoms with Gasteiger partial charge in [0.2, 0.25) is 0 Å². The van der Waals surface area contributed by atoms with Gasteiger partial charge in [0, 0.05) is 24.0 Å². The molecule has 2 aromatic heterocycles. The highest BCUT2D eigenvalue weighted by molar-refractivity contribution is 7.18. The van der Waals surface area contributed by atoms with Gasteiger partial charge < -0.3 is 15.1 Å². The first-order chi connectivity index (χ1) is 13.8. The van der Waals surface area contributed by atoms with E-state index in [1.807, 2.05) is 0 Å². The largest absolute Gasteiger partial charge is 0.393 e. The van der Waals surface area contributed by atoms with Crippen molar-refractivity contribution in [2.24, 2.45) is 0 Å². The highest BCUT2D eigenvalue weighted by Crippen LogP contribution is 2.34. The number of aromatic nitrogens is 2. The maximum Gasteiger partial charge on any atom is 0.393 e. The molecule has 1 aliphatic rings. The van der Waals surface area contributed by atoms with Gasteiger partial charge in [-0.1, -0.05) is 0 Å². The molecule has 3 rings (SSSR count). The minimum atomic E-state index is -4.21. The van der Waals surface area contributed by atoms with Crippen molar-refractivity contribution in [1.29, 1.82) is 0 Å². The van der Waals surface area contributed by atoms with Gasteiger partial charge in [0.15, 0.2) is 0 Å². The number of nitrogens with zero attached hydrogens (tertiary/aromatic N) is 4. The Labute approximate surface area is 174 Å². The van der Waals surface area contributed by atoms with E-state index in [-0.39, 0.29) is 0 Å². The molecule has 0 spiro atoms. The van der Waals surface area contributed by atoms with Crippen LogP contribution in [0.1, 0.15) is 37.0 Å². The average Bonchev–Trinajstić information content (AvgIpc) is 2.88. The quantitative estimate of drug-likeness (QED) is 0.641. The Morgan fingerprint density at radius 3 is 2.79 bits per heavy atom. The van der Waals surface area contributed by atoms with E-state index in [9.17, 15) is 13.2 Å². The molecule has 1 atom stereocenters. The molecule has 2 aromatic rings. The van der Waals surface area contributed by atoms with Gasteiger partial charge in [-0.25, -0.2) is 9.97 Å². The minimum Gasteiger partial charge on any atom is -0.356 e. The predicted molar refractivity (Wildman–Crippen MR) is 113 cm³/mol. The Balaban J connectivity index is 1.59. The van der Waals surface area contributed by atoms with Crippen molar-refractivity contribution in [2.45, 2.75) is 50.7 Å². The third kappa shape index (κ3) is 6.79. The third-order valence-corrected chi connectivity index (χ3v) is 6.27. The normalized spacial score (nSPS) is 18.6. The van der Waals surface area contributed by atoms with Crippen LogP contribution >= 0.6 is 11.3 Å². The zero-order valence-corrected chi connectivity index (χ0v) is 18.0. The molecule has 0 radical (unpaired) electrons. The van der Waals surface area contributed by atoms with E-state index in [2.05, 4.69) is 39.2 Å². The SMILES string of the molecule is CN(C)CCCCNC1CCCN(c2ncnc3sc(CC(F)(F)F)cc23)CC1. The van der Waals surface area contributed by atoms with Crippen molar-refractivity contribution in [3.63, 3.8) is 0 Å². The maximum atomic E-state index is 12.8. The zero-order chi connectivity index (χ0) is 20.9. The van der Waals surface area contributed by atoms with Crippen LogP contribution in [0.15, 0.2) is 12.4 Å². The van der Waals surface area contributed by atoms with Crippen LogP contribution in [0.25, 0.3) is 10.2 Å². The highest BCUT2D eigenvalue weighted by atomic mass is 32.1. The van der Waals surface area contributed by atoms with Crippen LogP contribution in [0.3, 0.4) is 0 Å². The van der Waals surface area contributed by atoms with E-state index in [1.165, 1.54) is 19.2 Å². The predicted octanol–water partition coefficient (Wildman–Crippen LogP) is 4.09. The van der Waals surface area contributed by atoms with E-state index in [4.69, 9.17) is 0 Å². The van der Waals surface area contributed by atoms with Crippen molar-refractivity contribution in [3.05, 3.63) is 17.3 Å². The van der Waals surface area contributed by atoms with Gasteiger partial charge >= 0.3 is 6.18 Å². The lowest BCUT2D eigenvalue weighted by Crippen LogP contribution is -2.32. The molecule has 0 aromatic carbocycles. The minimum absolute atomic E-state index is 0.293. The molecule has 1 unspecified atom stereocenters. The zero-order valence-electron chi connectivity index (χ0n) is 17.1. The third-order valence-electron chi connectivity index (χ3n) is 5.23. The molecule has 0 bridgehead atoms. The van der Waals surface area contributed by atoms with E-state index >= 15 is 0 Å². The van der Waals surface area contributed by atoms with E-state index in [0.29, 0.717) is 15.7 Å². The number of rotatable bonds is 8. The molecule has 162 valence electrons. The Kier molecular flexibility index (Phi) is 7.70. The number of hydrogen-bond donors (Lipinski definition) is 1. The second-order valence-electron chi connectivity index (χ2n) is 8.00. The fraction of sp³-hybridized carbons (Fsp3) is 0.700. The summed E-state index contributed by atoms with van der Waals surface area (Å²) in [4.78, 5) is 14.0. The number of hydrogen-bond acceptors (Lipinski definition) is 6. The fourth-order valence-corrected chi connectivity index (χ4v) is 4.82. The monoisotopic (exact) mass is 429 g/mol. The molecule has 9 heteroatoms. The number of nitrogens with one attached hydrogen (secondary N) is 1. The van der Waals surface area contributed by atoms with Crippen molar-refractivity contribution < 1.29 is 13.2 Å². The summed E-state index contributed by atoms with van der Waals surface area (Å²) in [6.45, 7) is 3.86. The van der Waals surface area contributed by atoms with E-state index in [1.54, 1.807) is 6.07 Å². The molecule has 1 N–H and O–H groups in total. The molecule has 1 aliphatic heterocycles. The molecular formula is C20H30F3N5S. The molecule has 5 nitrogen and oxygen atoms in total. The fourth-order valence-electron chi connectivity index (χ4n) is 3.80. The molecule has 0 aliphatic carbocycles. The van der Waals surface area contributed by atoms with Gasteiger partial charge in [-0.05, 0) is 65.4 Å². The summed E-state index contributed by atoms with van der Waals surface area (Å²) >= 11 is 1.11. The Hall–Kier alpha value is -1.45. The van der Waals surface area contributed by atoms with Crippen molar-refractivity contribution in [2.75, 3.05) is 45.2 Å². The van der Waals surface area contributed by atoms with Crippen LogP contribution in [0.2, 0.25) is 0 Å². The van der Waals surface area contributed by atoms with Crippen molar-refractivity contribution in [3.8, 4) is 0 Å². The summed E-state index contributed by atoms with van der Waals surface area (Å²) < 4.78 is 38.3. The molecule has 3 heterocycles. The number of unbranched alkanes of at least 4 members (excludes halogenated alkanes) is 1. The summed E-state index contributed by atoms with van der Waals surface area (Å²) in [5, 5.41) is 4.42. The first-order valence-electron chi connectivity index (χ1n) is 10.2. The van der Waals surface area contributed by atoms with Crippen LogP contribution in [0.4, 0.5) is 19.0 Å². The van der Waals surface area contributed by atoms with Gasteiger partial charge in [-0.3, -0.25) is 0 Å². The van der Waals surface area contributed by atoms with Crippen LogP contribution in [0.5, 0.6) is 0 Å². The average molecular weight is 430 g/mol. The van der Waals surface area contributed by atoms with Gasteiger partial charge in [0.25, 0.3) is 0 Å². The number of halogens is 3. The lowest BCUT2D eigenvalue weighted by molar-refractivity contribution is -0.126. The van der Waals surface area contributed by atoms with Gasteiger partial charge in [0.1, 0.15) is 17.0 Å². The maximum absolute atomic E-state index is 12.8. The van der Waals surface area contributed by atoms with E-state index < -0.39 is 12.6 Å². The molecule has 0 amide bonds.